The van der Waals surface area contributed by atoms with Crippen LogP contribution in [0.15, 0.2) is 23.1 Å². The molecule has 0 bridgehead atoms. The highest BCUT2D eigenvalue weighted by Gasteiger charge is 2.18. The summed E-state index contributed by atoms with van der Waals surface area (Å²) in [6.07, 6.45) is 3.04. The minimum atomic E-state index is -3.55. The van der Waals surface area contributed by atoms with E-state index in [1.807, 2.05) is 6.07 Å². The van der Waals surface area contributed by atoms with Gasteiger partial charge < -0.3 is 0 Å². The Kier molecular flexibility index (Phi) is 3.31. The second kappa shape index (κ2) is 4.58. The molecule has 1 aromatic carbocycles. The lowest BCUT2D eigenvalue weighted by Gasteiger charge is -2.07. The summed E-state index contributed by atoms with van der Waals surface area (Å²) in [5.74, 6) is -0.199. The molecule has 0 unspecified atom stereocenters. The Morgan fingerprint density at radius 3 is 2.71 bits per heavy atom. The van der Waals surface area contributed by atoms with Crippen molar-refractivity contribution < 1.29 is 13.2 Å². The number of hydrogen-bond donors (Lipinski definition) is 1. The number of carbonyl (C=O) groups excluding carboxylic acids is 1. The maximum absolute atomic E-state index is 11.9. The first-order valence-corrected chi connectivity index (χ1v) is 7.08. The number of carbonyl (C=O) groups is 1. The van der Waals surface area contributed by atoms with Crippen molar-refractivity contribution >= 4 is 15.8 Å². The maximum Gasteiger partial charge on any atom is 0.240 e. The van der Waals surface area contributed by atoms with Crippen molar-refractivity contribution in [2.24, 2.45) is 0 Å². The average molecular weight is 253 g/mol. The summed E-state index contributed by atoms with van der Waals surface area (Å²) in [6.45, 7) is 1.20. The molecule has 17 heavy (non-hydrogen) atoms. The van der Waals surface area contributed by atoms with Crippen LogP contribution in [0, 0.1) is 0 Å². The largest absolute Gasteiger partial charge is 0.299 e. The van der Waals surface area contributed by atoms with E-state index in [2.05, 4.69) is 4.72 Å². The van der Waals surface area contributed by atoms with Crippen LogP contribution in [0.1, 0.15) is 24.5 Å². The molecular formula is C12H15NO3S. The van der Waals surface area contributed by atoms with Gasteiger partial charge >= 0.3 is 0 Å². The highest BCUT2D eigenvalue weighted by molar-refractivity contribution is 7.89. The van der Waals surface area contributed by atoms with Crippen LogP contribution in [0.3, 0.4) is 0 Å². The summed E-state index contributed by atoms with van der Waals surface area (Å²) in [7, 11) is -3.55. The normalized spacial score (nSPS) is 14.6. The number of fused-ring (bicyclic) bond motifs is 1. The van der Waals surface area contributed by atoms with Crippen molar-refractivity contribution in [3.8, 4) is 0 Å². The third-order valence-corrected chi connectivity index (χ3v) is 4.29. The number of ketones is 1. The molecular weight excluding hydrogens is 238 g/mol. The van der Waals surface area contributed by atoms with E-state index in [1.165, 1.54) is 12.5 Å². The Bertz CT molecular complexity index is 549. The molecule has 0 heterocycles. The zero-order valence-corrected chi connectivity index (χ0v) is 10.5. The summed E-state index contributed by atoms with van der Waals surface area (Å²) >= 11 is 0. The van der Waals surface area contributed by atoms with Gasteiger partial charge in [0.05, 0.1) is 11.4 Å². The Morgan fingerprint density at radius 1 is 1.29 bits per heavy atom. The first-order valence-electron chi connectivity index (χ1n) is 5.60. The van der Waals surface area contributed by atoms with Crippen molar-refractivity contribution in [2.45, 2.75) is 31.1 Å². The van der Waals surface area contributed by atoms with Gasteiger partial charge in [0.25, 0.3) is 0 Å². The molecule has 0 atom stereocenters. The van der Waals surface area contributed by atoms with E-state index in [0.29, 0.717) is 0 Å². The molecule has 1 aliphatic rings. The van der Waals surface area contributed by atoms with Crippen LogP contribution in [0.5, 0.6) is 0 Å². The molecule has 4 nitrogen and oxygen atoms in total. The number of hydrogen-bond acceptors (Lipinski definition) is 3. The first kappa shape index (κ1) is 12.3. The fourth-order valence-corrected chi connectivity index (χ4v) is 3.10. The predicted octanol–water partition coefficient (Wildman–Crippen LogP) is 1.04. The number of aryl methyl sites for hydroxylation is 2. The zero-order valence-electron chi connectivity index (χ0n) is 9.69. The minimum Gasteiger partial charge on any atom is -0.299 e. The third-order valence-electron chi connectivity index (χ3n) is 2.89. The molecule has 0 aliphatic heterocycles. The van der Waals surface area contributed by atoms with Gasteiger partial charge in [-0.3, -0.25) is 4.79 Å². The van der Waals surface area contributed by atoms with Crippen molar-refractivity contribution in [1.82, 2.24) is 4.72 Å². The second-order valence-corrected chi connectivity index (χ2v) is 6.08. The van der Waals surface area contributed by atoms with Crippen molar-refractivity contribution in [1.29, 1.82) is 0 Å². The quantitative estimate of drug-likeness (QED) is 0.872. The van der Waals surface area contributed by atoms with Gasteiger partial charge in [0, 0.05) is 0 Å². The Morgan fingerprint density at radius 2 is 2.00 bits per heavy atom. The van der Waals surface area contributed by atoms with Crippen molar-refractivity contribution in [3.05, 3.63) is 29.3 Å². The van der Waals surface area contributed by atoms with E-state index >= 15 is 0 Å². The van der Waals surface area contributed by atoms with Gasteiger partial charge in [-0.2, -0.15) is 0 Å². The first-order chi connectivity index (χ1) is 7.99. The van der Waals surface area contributed by atoms with E-state index in [9.17, 15) is 13.2 Å². The van der Waals surface area contributed by atoms with Crippen LogP contribution in [0.25, 0.3) is 0 Å². The maximum atomic E-state index is 11.9. The summed E-state index contributed by atoms with van der Waals surface area (Å²) in [5.41, 5.74) is 2.34. The second-order valence-electron chi connectivity index (χ2n) is 4.31. The number of benzene rings is 1. The lowest BCUT2D eigenvalue weighted by molar-refractivity contribution is -0.115. The van der Waals surface area contributed by atoms with Crippen LogP contribution in [0.4, 0.5) is 0 Å². The van der Waals surface area contributed by atoms with Crippen molar-refractivity contribution in [2.75, 3.05) is 6.54 Å². The van der Waals surface area contributed by atoms with Gasteiger partial charge in [-0.05, 0) is 49.4 Å². The number of rotatable bonds is 4. The van der Waals surface area contributed by atoms with Gasteiger partial charge in [0.2, 0.25) is 10.0 Å². The summed E-state index contributed by atoms with van der Waals surface area (Å²) in [5, 5.41) is 0. The van der Waals surface area contributed by atoms with Gasteiger partial charge in [-0.25, -0.2) is 13.1 Å². The third kappa shape index (κ3) is 2.73. The molecule has 2 rings (SSSR count). The molecule has 0 saturated carbocycles. The smallest absolute Gasteiger partial charge is 0.240 e. The van der Waals surface area contributed by atoms with Crippen LogP contribution in [-0.2, 0) is 27.7 Å². The number of sulfonamides is 1. The molecule has 0 aromatic heterocycles. The fraction of sp³-hybridized carbons (Fsp3) is 0.417. The molecule has 0 spiro atoms. The van der Waals surface area contributed by atoms with Gasteiger partial charge in [0.1, 0.15) is 5.78 Å². The summed E-state index contributed by atoms with van der Waals surface area (Å²) < 4.78 is 26.0. The monoisotopic (exact) mass is 253 g/mol. The molecule has 1 N–H and O–H groups in total. The van der Waals surface area contributed by atoms with Crippen LogP contribution in [0.2, 0.25) is 0 Å². The van der Waals surface area contributed by atoms with Gasteiger partial charge in [-0.15, -0.1) is 0 Å². The number of Topliss-reactive ketones (excluding diaryl/α,β-unsaturated/α-hetero) is 1. The summed E-state index contributed by atoms with van der Waals surface area (Å²) in [4.78, 5) is 11.0. The molecule has 0 fully saturated rings. The lowest BCUT2D eigenvalue weighted by Crippen LogP contribution is -2.28. The SMILES string of the molecule is CC(=O)CNS(=O)(=O)c1ccc2c(c1)CCC2. The standard InChI is InChI=1S/C12H15NO3S/c1-9(14)8-13-17(15,16)12-6-5-10-3-2-4-11(10)7-12/h5-7,13H,2-4,8H2,1H3. The van der Waals surface area contributed by atoms with Crippen LogP contribution < -0.4 is 4.72 Å². The van der Waals surface area contributed by atoms with E-state index in [-0.39, 0.29) is 17.2 Å². The Labute approximate surface area is 101 Å². The fourth-order valence-electron chi connectivity index (χ4n) is 2.00. The topological polar surface area (TPSA) is 63.2 Å². The molecule has 92 valence electrons. The van der Waals surface area contributed by atoms with Crippen molar-refractivity contribution in [3.63, 3.8) is 0 Å². The van der Waals surface area contributed by atoms with Crippen LogP contribution >= 0.6 is 0 Å². The lowest BCUT2D eigenvalue weighted by atomic mass is 10.1. The minimum absolute atomic E-state index is 0.153. The van der Waals surface area contributed by atoms with E-state index in [4.69, 9.17) is 0 Å². The van der Waals surface area contributed by atoms with E-state index in [1.54, 1.807) is 12.1 Å². The number of nitrogens with one attached hydrogen (secondary N) is 1. The molecule has 1 aliphatic carbocycles. The van der Waals surface area contributed by atoms with E-state index in [0.717, 1.165) is 24.8 Å². The predicted molar refractivity (Wildman–Crippen MR) is 64.3 cm³/mol. The summed E-state index contributed by atoms with van der Waals surface area (Å²) in [6, 6.07) is 5.18. The molecule has 1 aromatic rings. The molecule has 0 amide bonds. The molecule has 0 radical (unpaired) electrons. The molecule has 5 heteroatoms. The Hall–Kier alpha value is -1.20. The van der Waals surface area contributed by atoms with Crippen LogP contribution in [-0.4, -0.2) is 20.7 Å². The molecule has 0 saturated heterocycles. The van der Waals surface area contributed by atoms with Gasteiger partial charge in [0.15, 0.2) is 0 Å². The zero-order chi connectivity index (χ0) is 12.5. The Balaban J connectivity index is 2.24. The highest BCUT2D eigenvalue weighted by Crippen LogP contribution is 2.24. The van der Waals surface area contributed by atoms with Gasteiger partial charge in [-0.1, -0.05) is 6.07 Å². The highest BCUT2D eigenvalue weighted by atomic mass is 32.2. The average Bonchev–Trinajstić information content (AvgIpc) is 2.73. The van der Waals surface area contributed by atoms with E-state index < -0.39 is 10.0 Å².